The number of ether oxygens (including phenoxy) is 2. The molecule has 0 fully saturated rings. The average Bonchev–Trinajstić information content (AvgIpc) is 3.32. The zero-order valence-corrected chi connectivity index (χ0v) is 22.7. The number of rotatable bonds is 13. The second-order valence-corrected chi connectivity index (χ2v) is 9.33. The topological polar surface area (TPSA) is 43.4 Å². The van der Waals surface area contributed by atoms with Crippen LogP contribution in [0.5, 0.6) is 11.5 Å². The van der Waals surface area contributed by atoms with Crippen LogP contribution in [0.1, 0.15) is 26.1 Å². The van der Waals surface area contributed by atoms with Crippen LogP contribution in [-0.4, -0.2) is 47.3 Å². The fourth-order valence-electron chi connectivity index (χ4n) is 4.17. The van der Waals surface area contributed by atoms with Crippen LogP contribution in [0.15, 0.2) is 79.3 Å². The normalized spacial score (nSPS) is 11.2. The summed E-state index contributed by atoms with van der Waals surface area (Å²) in [6.07, 6.45) is 6.99. The second-order valence-electron chi connectivity index (χ2n) is 8.89. The molecule has 0 aliphatic rings. The lowest BCUT2D eigenvalue weighted by Gasteiger charge is -2.17. The molecule has 0 N–H and O–H groups in total. The molecule has 0 saturated carbocycles. The number of pyridine rings is 1. The predicted molar refractivity (Wildman–Crippen MR) is 149 cm³/mol. The lowest BCUT2D eigenvalue weighted by molar-refractivity contribution is -0.697. The summed E-state index contributed by atoms with van der Waals surface area (Å²) in [7, 11) is 0. The number of imidazole rings is 1. The second kappa shape index (κ2) is 13.3. The van der Waals surface area contributed by atoms with Gasteiger partial charge in [-0.1, -0.05) is 25.4 Å². The van der Waals surface area contributed by atoms with Crippen molar-refractivity contribution in [3.63, 3.8) is 0 Å². The van der Waals surface area contributed by atoms with Crippen molar-refractivity contribution in [1.29, 1.82) is 0 Å². The number of hydrogen-bond acceptors (Lipinski definition) is 4. The maximum atomic E-state index is 5.94. The van der Waals surface area contributed by atoms with Crippen molar-refractivity contribution < 1.29 is 14.0 Å². The summed E-state index contributed by atoms with van der Waals surface area (Å²) in [6, 6.07) is 20.0. The van der Waals surface area contributed by atoms with Gasteiger partial charge in [0, 0.05) is 36.1 Å². The summed E-state index contributed by atoms with van der Waals surface area (Å²) in [4.78, 5) is 7.19. The van der Waals surface area contributed by atoms with E-state index in [1.54, 1.807) is 0 Å². The van der Waals surface area contributed by atoms with Gasteiger partial charge >= 0.3 is 0 Å². The van der Waals surface area contributed by atoms with Gasteiger partial charge in [0.2, 0.25) is 0 Å². The van der Waals surface area contributed by atoms with Crippen LogP contribution >= 0.6 is 11.6 Å². The van der Waals surface area contributed by atoms with E-state index in [4.69, 9.17) is 26.1 Å². The van der Waals surface area contributed by atoms with Gasteiger partial charge in [0.25, 0.3) is 0 Å². The van der Waals surface area contributed by atoms with E-state index in [1.807, 2.05) is 72.4 Å². The molecule has 2 aromatic carbocycles. The van der Waals surface area contributed by atoms with Crippen LogP contribution in [-0.2, 0) is 6.54 Å². The highest BCUT2D eigenvalue weighted by atomic mass is 35.5. The quantitative estimate of drug-likeness (QED) is 0.161. The molecular weight excluding hydrogens is 484 g/mol. The Morgan fingerprint density at radius 1 is 0.865 bits per heavy atom. The van der Waals surface area contributed by atoms with Gasteiger partial charge < -0.3 is 18.9 Å². The molecule has 2 aromatic heterocycles. The van der Waals surface area contributed by atoms with Gasteiger partial charge in [-0.15, -0.1) is 0 Å². The zero-order chi connectivity index (χ0) is 26.0. The van der Waals surface area contributed by atoms with Gasteiger partial charge in [0.05, 0.1) is 17.3 Å². The maximum absolute atomic E-state index is 5.94. The summed E-state index contributed by atoms with van der Waals surface area (Å²) in [5.41, 5.74) is 3.04. The molecule has 2 heterocycles. The first-order valence-electron chi connectivity index (χ1n) is 12.9. The summed E-state index contributed by atoms with van der Waals surface area (Å²) in [5.74, 6) is 2.66. The first-order chi connectivity index (χ1) is 18.1. The number of benzene rings is 2. The minimum Gasteiger partial charge on any atom is -0.494 e. The summed E-state index contributed by atoms with van der Waals surface area (Å²) < 4.78 is 16.0. The Kier molecular flexibility index (Phi) is 9.58. The van der Waals surface area contributed by atoms with Crippen LogP contribution in [0.3, 0.4) is 0 Å². The molecule has 7 heteroatoms. The Labute approximate surface area is 225 Å². The van der Waals surface area contributed by atoms with Crippen LogP contribution < -0.4 is 14.0 Å². The van der Waals surface area contributed by atoms with E-state index in [9.17, 15) is 0 Å². The third-order valence-electron chi connectivity index (χ3n) is 6.40. The number of halogens is 1. The fourth-order valence-corrected chi connectivity index (χ4v) is 4.29. The number of aryl methyl sites for hydroxylation is 1. The summed E-state index contributed by atoms with van der Waals surface area (Å²) in [6.45, 7) is 11.7. The third kappa shape index (κ3) is 7.57. The molecule has 0 saturated heterocycles. The molecule has 0 atom stereocenters. The highest BCUT2D eigenvalue weighted by Crippen LogP contribution is 2.25. The van der Waals surface area contributed by atoms with Crippen molar-refractivity contribution in [2.45, 2.75) is 33.7 Å². The van der Waals surface area contributed by atoms with Crippen LogP contribution in [0.25, 0.3) is 16.9 Å². The van der Waals surface area contributed by atoms with Crippen molar-refractivity contribution >= 4 is 11.6 Å². The van der Waals surface area contributed by atoms with Crippen molar-refractivity contribution in [2.75, 3.05) is 32.8 Å². The van der Waals surface area contributed by atoms with Crippen molar-refractivity contribution in [3.8, 4) is 28.4 Å². The molecule has 0 unspecified atom stereocenters. The van der Waals surface area contributed by atoms with Crippen molar-refractivity contribution in [3.05, 3.63) is 90.1 Å². The van der Waals surface area contributed by atoms with E-state index in [0.29, 0.717) is 6.61 Å². The predicted octanol–water partition coefficient (Wildman–Crippen LogP) is 5.98. The molecule has 6 nitrogen and oxygen atoms in total. The third-order valence-corrected chi connectivity index (χ3v) is 6.65. The molecular formula is C30H36ClN4O2+. The van der Waals surface area contributed by atoms with Gasteiger partial charge in [-0.25, -0.2) is 9.55 Å². The lowest BCUT2D eigenvalue weighted by atomic mass is 10.1. The molecule has 0 bridgehead atoms. The van der Waals surface area contributed by atoms with Gasteiger partial charge in [-0.3, -0.25) is 0 Å². The smallest absolute Gasteiger partial charge is 0.182 e. The fraction of sp³-hybridized carbons (Fsp3) is 0.333. The van der Waals surface area contributed by atoms with E-state index >= 15 is 0 Å². The molecule has 0 aliphatic heterocycles. The van der Waals surface area contributed by atoms with E-state index in [1.165, 1.54) is 0 Å². The largest absolute Gasteiger partial charge is 0.494 e. The summed E-state index contributed by atoms with van der Waals surface area (Å²) in [5, 5.41) is 0.730. The molecule has 0 radical (unpaired) electrons. The zero-order valence-electron chi connectivity index (χ0n) is 21.9. The molecule has 37 heavy (non-hydrogen) atoms. The van der Waals surface area contributed by atoms with E-state index < -0.39 is 0 Å². The molecule has 0 amide bonds. The number of aromatic nitrogens is 3. The van der Waals surface area contributed by atoms with Gasteiger partial charge in [0.1, 0.15) is 23.9 Å². The maximum Gasteiger partial charge on any atom is 0.182 e. The minimum atomic E-state index is 0.578. The Morgan fingerprint density at radius 2 is 1.49 bits per heavy atom. The van der Waals surface area contributed by atoms with E-state index in [2.05, 4.69) is 41.6 Å². The Hall–Kier alpha value is -3.35. The van der Waals surface area contributed by atoms with E-state index in [0.717, 1.165) is 78.5 Å². The van der Waals surface area contributed by atoms with Gasteiger partial charge in [0.15, 0.2) is 18.9 Å². The van der Waals surface area contributed by atoms with Gasteiger partial charge in [-0.05, 0) is 75.0 Å². The molecule has 0 spiro atoms. The standard InChI is InChI=1S/C30H36ClN4O2/c1-4-33(5-2)17-6-21-36-29-13-9-27(10-14-29)35-23-30(32-24(35)3)25-7-11-28(12-8-25)37-22-20-34-18-15-26(31)16-19-34/h7-16,18-19,23H,4-6,17,20-22H2,1-3H3/q+1. The highest BCUT2D eigenvalue weighted by molar-refractivity contribution is 6.30. The Balaban J connectivity index is 1.31. The van der Waals surface area contributed by atoms with Gasteiger partial charge in [-0.2, -0.15) is 0 Å². The minimum absolute atomic E-state index is 0.578. The first-order valence-corrected chi connectivity index (χ1v) is 13.3. The average molecular weight is 520 g/mol. The SMILES string of the molecule is CCN(CC)CCCOc1ccc(-n2cc(-c3ccc(OCC[n+]4ccc(Cl)cc4)cc3)nc2C)cc1. The number of nitrogens with zero attached hydrogens (tertiary/aromatic N) is 4. The Bertz CT molecular complexity index is 1230. The summed E-state index contributed by atoms with van der Waals surface area (Å²) >= 11 is 5.94. The molecule has 4 rings (SSSR count). The van der Waals surface area contributed by atoms with Crippen LogP contribution in [0.4, 0.5) is 0 Å². The molecule has 194 valence electrons. The van der Waals surface area contributed by atoms with E-state index in [-0.39, 0.29) is 0 Å². The molecule has 4 aromatic rings. The molecule has 0 aliphatic carbocycles. The lowest BCUT2D eigenvalue weighted by Crippen LogP contribution is -2.35. The monoisotopic (exact) mass is 519 g/mol. The Morgan fingerprint density at radius 3 is 2.14 bits per heavy atom. The van der Waals surface area contributed by atoms with Crippen LogP contribution in [0, 0.1) is 6.92 Å². The first kappa shape index (κ1) is 26.7. The van der Waals surface area contributed by atoms with Crippen molar-refractivity contribution in [1.82, 2.24) is 14.5 Å². The van der Waals surface area contributed by atoms with Crippen LogP contribution in [0.2, 0.25) is 5.02 Å². The van der Waals surface area contributed by atoms with Crippen molar-refractivity contribution in [2.24, 2.45) is 0 Å². The number of hydrogen-bond donors (Lipinski definition) is 0. The highest BCUT2D eigenvalue weighted by Gasteiger charge is 2.09.